The van der Waals surface area contributed by atoms with Crippen molar-refractivity contribution >= 4 is 0 Å². The fraction of sp³-hybridized carbons (Fsp3) is 0.600. The van der Waals surface area contributed by atoms with Gasteiger partial charge in [0.2, 0.25) is 0 Å². The van der Waals surface area contributed by atoms with Gasteiger partial charge in [0.1, 0.15) is 5.75 Å². The van der Waals surface area contributed by atoms with Crippen molar-refractivity contribution in [1.29, 1.82) is 0 Å². The third-order valence-corrected chi connectivity index (χ3v) is 4.15. The molecule has 0 amide bonds. The molecule has 1 fully saturated rings. The molecule has 0 bridgehead atoms. The van der Waals surface area contributed by atoms with Gasteiger partial charge < -0.3 is 15.0 Å². The normalized spacial score (nSPS) is 19.7. The first kappa shape index (κ1) is 13.4. The molecule has 1 aromatic rings. The van der Waals surface area contributed by atoms with Crippen molar-refractivity contribution in [3.63, 3.8) is 0 Å². The molecule has 0 spiro atoms. The van der Waals surface area contributed by atoms with Gasteiger partial charge in [-0.1, -0.05) is 12.1 Å². The van der Waals surface area contributed by atoms with Crippen molar-refractivity contribution in [2.75, 3.05) is 34.3 Å². The highest BCUT2D eigenvalue weighted by Gasteiger charge is 2.32. The van der Waals surface area contributed by atoms with Crippen LogP contribution in [0.4, 0.5) is 0 Å². The van der Waals surface area contributed by atoms with Crippen LogP contribution >= 0.6 is 0 Å². The van der Waals surface area contributed by atoms with E-state index in [0.29, 0.717) is 0 Å². The average molecular weight is 248 g/mol. The molecule has 2 rings (SSSR count). The van der Waals surface area contributed by atoms with Crippen LogP contribution in [0.1, 0.15) is 18.4 Å². The molecule has 100 valence electrons. The number of hydrogen-bond acceptors (Lipinski definition) is 3. The van der Waals surface area contributed by atoms with Crippen LogP contribution < -0.4 is 10.1 Å². The van der Waals surface area contributed by atoms with Crippen LogP contribution in [0.5, 0.6) is 5.75 Å². The summed E-state index contributed by atoms with van der Waals surface area (Å²) in [6.07, 6.45) is 3.49. The van der Waals surface area contributed by atoms with E-state index in [1.807, 2.05) is 6.07 Å². The van der Waals surface area contributed by atoms with E-state index in [1.165, 1.54) is 31.5 Å². The van der Waals surface area contributed by atoms with Crippen LogP contribution in [-0.4, -0.2) is 44.7 Å². The summed E-state index contributed by atoms with van der Waals surface area (Å²) in [5.74, 6) is 0.951. The van der Waals surface area contributed by atoms with Crippen LogP contribution in [0.15, 0.2) is 24.3 Å². The largest absolute Gasteiger partial charge is 0.497 e. The minimum Gasteiger partial charge on any atom is -0.497 e. The fourth-order valence-corrected chi connectivity index (χ4v) is 2.73. The Kier molecular flexibility index (Phi) is 4.25. The maximum absolute atomic E-state index is 5.30. The van der Waals surface area contributed by atoms with Gasteiger partial charge in [-0.15, -0.1) is 0 Å². The second kappa shape index (κ2) is 5.72. The quantitative estimate of drug-likeness (QED) is 0.881. The van der Waals surface area contributed by atoms with E-state index in [4.69, 9.17) is 4.74 Å². The van der Waals surface area contributed by atoms with E-state index in [0.717, 1.165) is 12.2 Å². The topological polar surface area (TPSA) is 24.5 Å². The van der Waals surface area contributed by atoms with Gasteiger partial charge in [0.05, 0.1) is 7.11 Å². The van der Waals surface area contributed by atoms with E-state index in [2.05, 4.69) is 42.5 Å². The second-order valence-corrected chi connectivity index (χ2v) is 5.36. The summed E-state index contributed by atoms with van der Waals surface area (Å²) in [6, 6.07) is 8.42. The first-order chi connectivity index (χ1) is 8.67. The summed E-state index contributed by atoms with van der Waals surface area (Å²) in [5, 5.41) is 3.56. The number of likely N-dealkylation sites (tertiary alicyclic amines) is 1. The van der Waals surface area contributed by atoms with Gasteiger partial charge in [-0.3, -0.25) is 0 Å². The molecule has 1 aromatic carbocycles. The Morgan fingerprint density at radius 3 is 2.67 bits per heavy atom. The Balaban J connectivity index is 2.09. The zero-order valence-corrected chi connectivity index (χ0v) is 11.7. The maximum Gasteiger partial charge on any atom is 0.119 e. The Labute approximate surface area is 110 Å². The summed E-state index contributed by atoms with van der Waals surface area (Å²) in [6.45, 7) is 2.34. The molecule has 1 saturated heterocycles. The van der Waals surface area contributed by atoms with Gasteiger partial charge in [-0.25, -0.2) is 0 Å². The molecule has 1 aliphatic rings. The predicted molar refractivity (Wildman–Crippen MR) is 75.2 cm³/mol. The maximum atomic E-state index is 5.30. The molecule has 0 atom stereocenters. The first-order valence-corrected chi connectivity index (χ1v) is 6.68. The molecule has 3 heteroatoms. The second-order valence-electron chi connectivity index (χ2n) is 5.36. The molecule has 1 N–H and O–H groups in total. The summed E-state index contributed by atoms with van der Waals surface area (Å²) in [7, 11) is 6.01. The van der Waals surface area contributed by atoms with Crippen LogP contribution in [0.3, 0.4) is 0 Å². The van der Waals surface area contributed by atoms with Crippen molar-refractivity contribution in [1.82, 2.24) is 10.2 Å². The Bertz CT molecular complexity index is 384. The highest BCUT2D eigenvalue weighted by molar-refractivity contribution is 5.29. The first-order valence-electron chi connectivity index (χ1n) is 6.68. The highest BCUT2D eigenvalue weighted by atomic mass is 16.5. The third-order valence-electron chi connectivity index (χ3n) is 4.15. The molecule has 1 heterocycles. The fourth-order valence-electron chi connectivity index (χ4n) is 2.73. The number of rotatable bonds is 4. The Morgan fingerprint density at radius 1 is 1.33 bits per heavy atom. The molecule has 0 saturated carbocycles. The van der Waals surface area contributed by atoms with Crippen LogP contribution in [0, 0.1) is 0 Å². The molecule has 1 aliphatic heterocycles. The highest BCUT2D eigenvalue weighted by Crippen LogP contribution is 2.26. The summed E-state index contributed by atoms with van der Waals surface area (Å²) in [5.41, 5.74) is 1.60. The minimum absolute atomic E-state index is 0.249. The number of methoxy groups -OCH3 is 1. The third kappa shape index (κ3) is 3.03. The number of hydrogen-bond donors (Lipinski definition) is 1. The number of nitrogens with one attached hydrogen (secondary N) is 1. The van der Waals surface area contributed by atoms with Crippen molar-refractivity contribution in [2.45, 2.75) is 24.8 Å². The standard InChI is InChI=1S/C15H24N2O/c1-16-15(7-9-17(2)10-8-15)12-13-5-4-6-14(11-13)18-3/h4-6,11,16H,7-10,12H2,1-3H3. The molecule has 0 aromatic heterocycles. The summed E-state index contributed by atoms with van der Waals surface area (Å²) < 4.78 is 5.30. The van der Waals surface area contributed by atoms with Gasteiger partial charge in [0, 0.05) is 5.54 Å². The molecule has 0 aliphatic carbocycles. The van der Waals surface area contributed by atoms with Gasteiger partial charge in [-0.2, -0.15) is 0 Å². The lowest BCUT2D eigenvalue weighted by atomic mass is 9.82. The van der Waals surface area contributed by atoms with E-state index in [9.17, 15) is 0 Å². The Morgan fingerprint density at radius 2 is 2.06 bits per heavy atom. The van der Waals surface area contributed by atoms with E-state index >= 15 is 0 Å². The summed E-state index contributed by atoms with van der Waals surface area (Å²) >= 11 is 0. The zero-order chi connectivity index (χ0) is 13.0. The molecular weight excluding hydrogens is 224 g/mol. The van der Waals surface area contributed by atoms with E-state index < -0.39 is 0 Å². The van der Waals surface area contributed by atoms with Crippen LogP contribution in [-0.2, 0) is 6.42 Å². The van der Waals surface area contributed by atoms with Crippen molar-refractivity contribution in [3.05, 3.63) is 29.8 Å². The molecular formula is C15H24N2O. The Hall–Kier alpha value is -1.06. The van der Waals surface area contributed by atoms with Crippen molar-refractivity contribution in [2.24, 2.45) is 0 Å². The lowest BCUT2D eigenvalue weighted by Crippen LogP contribution is -2.52. The van der Waals surface area contributed by atoms with E-state index in [1.54, 1.807) is 7.11 Å². The number of piperidine rings is 1. The SMILES string of the molecule is CNC1(Cc2cccc(OC)c2)CCN(C)CC1. The lowest BCUT2D eigenvalue weighted by molar-refractivity contribution is 0.163. The number of benzene rings is 1. The molecule has 3 nitrogen and oxygen atoms in total. The van der Waals surface area contributed by atoms with Gasteiger partial charge in [-0.05, 0) is 64.1 Å². The van der Waals surface area contributed by atoms with Crippen molar-refractivity contribution in [3.8, 4) is 5.75 Å². The predicted octanol–water partition coefficient (Wildman–Crippen LogP) is 1.92. The number of nitrogens with zero attached hydrogens (tertiary/aromatic N) is 1. The number of ether oxygens (including phenoxy) is 1. The van der Waals surface area contributed by atoms with Gasteiger partial charge >= 0.3 is 0 Å². The minimum atomic E-state index is 0.249. The average Bonchev–Trinajstić information content (AvgIpc) is 2.42. The summed E-state index contributed by atoms with van der Waals surface area (Å²) in [4.78, 5) is 2.40. The van der Waals surface area contributed by atoms with Crippen LogP contribution in [0.2, 0.25) is 0 Å². The zero-order valence-electron chi connectivity index (χ0n) is 11.7. The van der Waals surface area contributed by atoms with Crippen molar-refractivity contribution < 1.29 is 4.74 Å². The molecule has 18 heavy (non-hydrogen) atoms. The van der Waals surface area contributed by atoms with Crippen LogP contribution in [0.25, 0.3) is 0 Å². The number of likely N-dealkylation sites (N-methyl/N-ethyl adjacent to an activating group) is 1. The van der Waals surface area contributed by atoms with E-state index in [-0.39, 0.29) is 5.54 Å². The smallest absolute Gasteiger partial charge is 0.119 e. The monoisotopic (exact) mass is 248 g/mol. The molecule has 0 unspecified atom stereocenters. The lowest BCUT2D eigenvalue weighted by Gasteiger charge is -2.41. The van der Waals surface area contributed by atoms with Gasteiger partial charge in [0.15, 0.2) is 0 Å². The molecule has 0 radical (unpaired) electrons. The van der Waals surface area contributed by atoms with Gasteiger partial charge in [0.25, 0.3) is 0 Å².